The first-order valence-electron chi connectivity index (χ1n) is 7.13. The average molecular weight is 351 g/mol. The van der Waals surface area contributed by atoms with E-state index in [0.717, 1.165) is 0 Å². The Kier molecular flexibility index (Phi) is 4.28. The van der Waals surface area contributed by atoms with E-state index in [-0.39, 0.29) is 11.7 Å². The van der Waals surface area contributed by atoms with Crippen LogP contribution in [0.25, 0.3) is 0 Å². The number of nitrogens with one attached hydrogen (secondary N) is 1. The van der Waals surface area contributed by atoms with Crippen molar-refractivity contribution in [2.75, 3.05) is 21.9 Å². The molecule has 0 saturated carbocycles. The molecule has 1 aliphatic heterocycles. The van der Waals surface area contributed by atoms with Gasteiger partial charge in [-0.05, 0) is 48.9 Å². The molecule has 1 saturated heterocycles. The van der Waals surface area contributed by atoms with E-state index in [1.165, 1.54) is 4.31 Å². The minimum Gasteiger partial charge on any atom is -0.322 e. The third kappa shape index (κ3) is 3.48. The molecule has 0 aromatic heterocycles. The van der Waals surface area contributed by atoms with Crippen molar-refractivity contribution in [3.63, 3.8) is 0 Å². The number of sulfonamides is 1. The summed E-state index contributed by atoms with van der Waals surface area (Å²) in [7, 11) is -3.24. The lowest BCUT2D eigenvalue weighted by molar-refractivity contribution is 0.102. The molecule has 2 aromatic carbocycles. The Morgan fingerprint density at radius 3 is 2.52 bits per heavy atom. The van der Waals surface area contributed by atoms with Gasteiger partial charge in [-0.2, -0.15) is 0 Å². The van der Waals surface area contributed by atoms with Crippen LogP contribution in [0.2, 0.25) is 5.02 Å². The largest absolute Gasteiger partial charge is 0.322 e. The van der Waals surface area contributed by atoms with Crippen molar-refractivity contribution in [1.82, 2.24) is 0 Å². The molecule has 0 aliphatic carbocycles. The molecule has 1 heterocycles. The summed E-state index contributed by atoms with van der Waals surface area (Å²) >= 11 is 5.80. The van der Waals surface area contributed by atoms with Crippen LogP contribution in [-0.4, -0.2) is 26.6 Å². The Hall–Kier alpha value is -2.05. The van der Waals surface area contributed by atoms with Gasteiger partial charge in [0.15, 0.2) is 0 Å². The molecular weight excluding hydrogens is 336 g/mol. The lowest BCUT2D eigenvalue weighted by Crippen LogP contribution is -2.25. The van der Waals surface area contributed by atoms with E-state index in [9.17, 15) is 13.2 Å². The van der Waals surface area contributed by atoms with E-state index in [0.29, 0.717) is 34.9 Å². The molecular formula is C16H15ClN2O3S. The number of hydrogen-bond acceptors (Lipinski definition) is 3. The van der Waals surface area contributed by atoms with Crippen molar-refractivity contribution in [3.8, 4) is 0 Å². The number of nitrogens with zero attached hydrogens (tertiary/aromatic N) is 1. The van der Waals surface area contributed by atoms with Crippen molar-refractivity contribution in [1.29, 1.82) is 0 Å². The molecule has 0 radical (unpaired) electrons. The summed E-state index contributed by atoms with van der Waals surface area (Å²) in [6.07, 6.45) is 0.615. The molecule has 1 N–H and O–H groups in total. The Morgan fingerprint density at radius 1 is 1.13 bits per heavy atom. The molecule has 0 atom stereocenters. The quantitative estimate of drug-likeness (QED) is 0.924. The lowest BCUT2D eigenvalue weighted by Gasteiger charge is -2.17. The normalized spacial score (nSPS) is 16.3. The van der Waals surface area contributed by atoms with Crippen LogP contribution in [0.15, 0.2) is 48.5 Å². The summed E-state index contributed by atoms with van der Waals surface area (Å²) in [6, 6.07) is 13.4. The van der Waals surface area contributed by atoms with Crippen LogP contribution >= 0.6 is 11.6 Å². The van der Waals surface area contributed by atoms with Crippen LogP contribution in [0.1, 0.15) is 16.8 Å². The summed E-state index contributed by atoms with van der Waals surface area (Å²) in [5, 5.41) is 3.32. The minimum absolute atomic E-state index is 0.161. The van der Waals surface area contributed by atoms with Crippen molar-refractivity contribution in [2.24, 2.45) is 0 Å². The van der Waals surface area contributed by atoms with Crippen LogP contribution < -0.4 is 9.62 Å². The highest BCUT2D eigenvalue weighted by molar-refractivity contribution is 7.93. The number of carbonyl (C=O) groups excluding carboxylic acids is 1. The molecule has 120 valence electrons. The molecule has 1 fully saturated rings. The third-order valence-electron chi connectivity index (χ3n) is 3.60. The van der Waals surface area contributed by atoms with E-state index in [4.69, 9.17) is 11.6 Å². The highest BCUT2D eigenvalue weighted by Crippen LogP contribution is 2.26. The molecule has 2 aromatic rings. The summed E-state index contributed by atoms with van der Waals surface area (Å²) in [5.74, 6) is -0.114. The second-order valence-corrected chi connectivity index (χ2v) is 7.70. The SMILES string of the molecule is O=C(Nc1cccc(N2CCCS2(=O)=O)c1)c1ccc(Cl)cc1. The molecule has 0 unspecified atom stereocenters. The molecule has 1 amide bonds. The smallest absolute Gasteiger partial charge is 0.255 e. The first-order chi connectivity index (χ1) is 11.0. The van der Waals surface area contributed by atoms with E-state index in [1.807, 2.05) is 0 Å². The predicted octanol–water partition coefficient (Wildman–Crippen LogP) is 3.13. The van der Waals surface area contributed by atoms with Crippen LogP contribution in [0.3, 0.4) is 0 Å². The number of hydrogen-bond donors (Lipinski definition) is 1. The van der Waals surface area contributed by atoms with Gasteiger partial charge in [-0.15, -0.1) is 0 Å². The molecule has 23 heavy (non-hydrogen) atoms. The molecule has 3 rings (SSSR count). The fraction of sp³-hybridized carbons (Fsp3) is 0.188. The lowest BCUT2D eigenvalue weighted by atomic mass is 10.2. The number of benzene rings is 2. The Balaban J connectivity index is 1.80. The second kappa shape index (κ2) is 6.22. The van der Waals surface area contributed by atoms with Crippen molar-refractivity contribution >= 4 is 38.9 Å². The van der Waals surface area contributed by atoms with Gasteiger partial charge in [0.1, 0.15) is 0 Å². The fourth-order valence-corrected chi connectivity index (χ4v) is 4.16. The van der Waals surface area contributed by atoms with Gasteiger partial charge in [-0.25, -0.2) is 8.42 Å². The number of rotatable bonds is 3. The van der Waals surface area contributed by atoms with Crippen LogP contribution in [0.5, 0.6) is 0 Å². The summed E-state index contributed by atoms with van der Waals surface area (Å²) in [5.41, 5.74) is 1.59. The number of amides is 1. The zero-order valence-corrected chi connectivity index (χ0v) is 13.8. The number of halogens is 1. The van der Waals surface area contributed by atoms with Crippen molar-refractivity contribution < 1.29 is 13.2 Å². The Morgan fingerprint density at radius 2 is 1.87 bits per heavy atom. The first-order valence-corrected chi connectivity index (χ1v) is 9.12. The standard InChI is InChI=1S/C16H15ClN2O3S/c17-13-7-5-12(6-8-13)16(20)18-14-3-1-4-15(11-14)19-9-2-10-23(19,21)22/h1,3-8,11H,2,9-10H2,(H,18,20). The molecule has 1 aliphatic rings. The van der Waals surface area contributed by atoms with Crippen LogP contribution in [0, 0.1) is 0 Å². The van der Waals surface area contributed by atoms with Gasteiger partial charge in [-0.3, -0.25) is 9.10 Å². The molecule has 0 spiro atoms. The monoisotopic (exact) mass is 350 g/mol. The van der Waals surface area contributed by atoms with Crippen LogP contribution in [0.4, 0.5) is 11.4 Å². The topological polar surface area (TPSA) is 66.5 Å². The van der Waals surface area contributed by atoms with E-state index < -0.39 is 10.0 Å². The van der Waals surface area contributed by atoms with Gasteiger partial charge < -0.3 is 5.32 Å². The Bertz CT molecular complexity index is 835. The van der Waals surface area contributed by atoms with E-state index in [2.05, 4.69) is 5.32 Å². The van der Waals surface area contributed by atoms with E-state index in [1.54, 1.807) is 48.5 Å². The van der Waals surface area contributed by atoms with E-state index >= 15 is 0 Å². The maximum atomic E-state index is 12.2. The van der Waals surface area contributed by atoms with Crippen molar-refractivity contribution in [2.45, 2.75) is 6.42 Å². The van der Waals surface area contributed by atoms with Gasteiger partial charge in [0.05, 0.1) is 11.4 Å². The second-order valence-electron chi connectivity index (χ2n) is 5.25. The number of carbonyl (C=O) groups is 1. The minimum atomic E-state index is -3.24. The average Bonchev–Trinajstić information content (AvgIpc) is 2.87. The fourth-order valence-electron chi connectivity index (χ4n) is 2.47. The summed E-state index contributed by atoms with van der Waals surface area (Å²) in [6.45, 7) is 0.469. The highest BCUT2D eigenvalue weighted by Gasteiger charge is 2.28. The number of anilines is 2. The van der Waals surface area contributed by atoms with Crippen molar-refractivity contribution in [3.05, 3.63) is 59.1 Å². The highest BCUT2D eigenvalue weighted by atomic mass is 35.5. The van der Waals surface area contributed by atoms with Gasteiger partial charge in [-0.1, -0.05) is 17.7 Å². The predicted molar refractivity (Wildman–Crippen MR) is 91.6 cm³/mol. The van der Waals surface area contributed by atoms with Gasteiger partial charge in [0.2, 0.25) is 10.0 Å². The Labute approximate surface area is 139 Å². The molecule has 5 nitrogen and oxygen atoms in total. The summed E-state index contributed by atoms with van der Waals surface area (Å²) < 4.78 is 25.3. The zero-order valence-electron chi connectivity index (χ0n) is 12.2. The maximum Gasteiger partial charge on any atom is 0.255 e. The molecule has 7 heteroatoms. The maximum absolute atomic E-state index is 12.2. The van der Waals surface area contributed by atoms with Crippen LogP contribution in [-0.2, 0) is 10.0 Å². The first kappa shape index (κ1) is 15.8. The zero-order chi connectivity index (χ0) is 16.4. The van der Waals surface area contributed by atoms with Gasteiger partial charge in [0, 0.05) is 22.8 Å². The summed E-state index contributed by atoms with van der Waals surface area (Å²) in [4.78, 5) is 12.2. The third-order valence-corrected chi connectivity index (χ3v) is 5.72. The van der Waals surface area contributed by atoms with Gasteiger partial charge in [0.25, 0.3) is 5.91 Å². The van der Waals surface area contributed by atoms with Gasteiger partial charge >= 0.3 is 0 Å². The molecule has 0 bridgehead atoms.